The van der Waals surface area contributed by atoms with E-state index in [4.69, 9.17) is 0 Å². The topological polar surface area (TPSA) is 139 Å². The molecule has 0 spiro atoms. The van der Waals surface area contributed by atoms with Gasteiger partial charge in [-0.15, -0.1) is 0 Å². The first-order chi connectivity index (χ1) is 13.9. The molecule has 0 aliphatic rings. The largest absolute Gasteiger partial charge is 0.421 e. The van der Waals surface area contributed by atoms with Crippen molar-refractivity contribution in [2.24, 2.45) is 0 Å². The average molecular weight is 426 g/mol. The van der Waals surface area contributed by atoms with E-state index in [0.717, 1.165) is 32.0 Å². The molecule has 0 amide bonds. The number of benzene rings is 2. The molecule has 0 aromatic heterocycles. The zero-order chi connectivity index (χ0) is 23.0. The van der Waals surface area contributed by atoms with E-state index in [-0.39, 0.29) is 11.3 Å². The number of hydrogen-bond acceptors (Lipinski definition) is 8. The molecule has 12 heteroatoms. The van der Waals surface area contributed by atoms with Crippen LogP contribution in [-0.4, -0.2) is 21.8 Å². The highest BCUT2D eigenvalue weighted by Gasteiger charge is 2.23. The summed E-state index contributed by atoms with van der Waals surface area (Å²) in [5, 5.41) is 20.6. The van der Waals surface area contributed by atoms with Gasteiger partial charge in [0.1, 0.15) is 11.6 Å². The number of rotatable bonds is 5. The standard InChI is InChI=1S/C11H10FNO6.C7H6FNO2/c1-6(14)18-11(19-7(2)15)9-4-3-8(13(16)17)5-10(9)12;1-5-2-3-6(9(10)11)4-7(5)8/h3-5,11H,1-2H3;2-4H,1H3. The third kappa shape index (κ3) is 7.22. The van der Waals surface area contributed by atoms with Gasteiger partial charge in [-0.2, -0.15) is 0 Å². The van der Waals surface area contributed by atoms with Gasteiger partial charge in [-0.25, -0.2) is 8.78 Å². The Morgan fingerprint density at radius 2 is 1.30 bits per heavy atom. The van der Waals surface area contributed by atoms with Crippen LogP contribution in [0.25, 0.3) is 0 Å². The van der Waals surface area contributed by atoms with Crippen molar-refractivity contribution < 1.29 is 37.7 Å². The smallest absolute Gasteiger partial charge is 0.305 e. The molecule has 2 rings (SSSR count). The molecule has 0 heterocycles. The molecule has 2 aromatic rings. The number of aryl methyl sites for hydroxylation is 1. The van der Waals surface area contributed by atoms with Crippen LogP contribution in [0.3, 0.4) is 0 Å². The molecule has 2 aromatic carbocycles. The first-order valence-electron chi connectivity index (χ1n) is 8.11. The summed E-state index contributed by atoms with van der Waals surface area (Å²) in [6, 6.07) is 6.25. The van der Waals surface area contributed by atoms with Gasteiger partial charge in [-0.3, -0.25) is 29.8 Å². The highest BCUT2D eigenvalue weighted by atomic mass is 19.1. The fourth-order valence-electron chi connectivity index (χ4n) is 1.97. The predicted molar refractivity (Wildman–Crippen MR) is 97.1 cm³/mol. The van der Waals surface area contributed by atoms with E-state index >= 15 is 0 Å². The zero-order valence-electron chi connectivity index (χ0n) is 16.0. The Labute approximate surface area is 168 Å². The molecule has 0 aliphatic carbocycles. The van der Waals surface area contributed by atoms with Crippen molar-refractivity contribution in [3.63, 3.8) is 0 Å². The minimum Gasteiger partial charge on any atom is -0.421 e. The SMILES string of the molecule is CC(=O)OC(OC(C)=O)c1ccc([N+](=O)[O-])cc1F.Cc1ccc([N+](=O)[O-])cc1F. The van der Waals surface area contributed by atoms with Gasteiger partial charge in [0.25, 0.3) is 17.7 Å². The Kier molecular flexibility index (Phi) is 8.47. The number of ether oxygens (including phenoxy) is 2. The summed E-state index contributed by atoms with van der Waals surface area (Å²) in [7, 11) is 0. The number of non-ortho nitro benzene ring substituents is 2. The van der Waals surface area contributed by atoms with Gasteiger partial charge in [0.2, 0.25) is 0 Å². The van der Waals surface area contributed by atoms with Crippen molar-refractivity contribution >= 4 is 23.3 Å². The number of carbonyl (C=O) groups is 2. The molecule has 10 nitrogen and oxygen atoms in total. The number of nitrogens with zero attached hydrogens (tertiary/aromatic N) is 2. The van der Waals surface area contributed by atoms with Crippen LogP contribution < -0.4 is 0 Å². The van der Waals surface area contributed by atoms with E-state index in [9.17, 15) is 38.6 Å². The summed E-state index contributed by atoms with van der Waals surface area (Å²) in [6.07, 6.45) is -1.57. The lowest BCUT2D eigenvalue weighted by Gasteiger charge is -2.17. The summed E-state index contributed by atoms with van der Waals surface area (Å²) < 4.78 is 35.6. The van der Waals surface area contributed by atoms with E-state index < -0.39 is 45.4 Å². The second-order valence-corrected chi connectivity index (χ2v) is 5.70. The first-order valence-corrected chi connectivity index (χ1v) is 8.11. The van der Waals surface area contributed by atoms with Gasteiger partial charge >= 0.3 is 11.9 Å². The molecule has 160 valence electrons. The Morgan fingerprint density at radius 3 is 1.67 bits per heavy atom. The minimum absolute atomic E-state index is 0.215. The van der Waals surface area contributed by atoms with Crippen molar-refractivity contribution in [2.75, 3.05) is 0 Å². The molecule has 30 heavy (non-hydrogen) atoms. The Morgan fingerprint density at radius 1 is 0.867 bits per heavy atom. The lowest BCUT2D eigenvalue weighted by atomic mass is 10.2. The molecular formula is C18H16F2N2O8. The van der Waals surface area contributed by atoms with Gasteiger partial charge in [0.15, 0.2) is 0 Å². The van der Waals surface area contributed by atoms with E-state index in [2.05, 4.69) is 9.47 Å². The van der Waals surface area contributed by atoms with E-state index in [0.29, 0.717) is 11.6 Å². The lowest BCUT2D eigenvalue weighted by molar-refractivity contribution is -0.385. The van der Waals surface area contributed by atoms with Crippen molar-refractivity contribution in [3.8, 4) is 0 Å². The summed E-state index contributed by atoms with van der Waals surface area (Å²) >= 11 is 0. The van der Waals surface area contributed by atoms with Crippen molar-refractivity contribution in [1.29, 1.82) is 0 Å². The average Bonchev–Trinajstić information content (AvgIpc) is 2.62. The molecule has 0 unspecified atom stereocenters. The fourth-order valence-corrected chi connectivity index (χ4v) is 1.97. The van der Waals surface area contributed by atoms with E-state index in [1.807, 2.05) is 0 Å². The van der Waals surface area contributed by atoms with Crippen molar-refractivity contribution in [3.05, 3.63) is 79.4 Å². The van der Waals surface area contributed by atoms with Gasteiger partial charge in [0, 0.05) is 26.0 Å². The van der Waals surface area contributed by atoms with Crippen LogP contribution in [0.1, 0.15) is 31.3 Å². The molecule has 0 bridgehead atoms. The number of halogens is 2. The summed E-state index contributed by atoms with van der Waals surface area (Å²) in [4.78, 5) is 40.9. The van der Waals surface area contributed by atoms with Crippen LogP contribution in [0.4, 0.5) is 20.2 Å². The Bertz CT molecular complexity index is 965. The molecule has 0 aliphatic heterocycles. The number of nitro benzene ring substituents is 2. The molecule has 0 N–H and O–H groups in total. The normalized spacial score (nSPS) is 9.93. The third-order valence-corrected chi connectivity index (χ3v) is 3.36. The van der Waals surface area contributed by atoms with E-state index in [1.165, 1.54) is 12.1 Å². The summed E-state index contributed by atoms with van der Waals surface area (Å²) in [5.41, 5.74) is -0.551. The third-order valence-electron chi connectivity index (χ3n) is 3.36. The second-order valence-electron chi connectivity index (χ2n) is 5.70. The number of hydrogen-bond donors (Lipinski definition) is 0. The summed E-state index contributed by atoms with van der Waals surface area (Å²) in [5.74, 6) is -3.13. The monoisotopic (exact) mass is 426 g/mol. The van der Waals surface area contributed by atoms with Crippen LogP contribution in [0.5, 0.6) is 0 Å². The highest BCUT2D eigenvalue weighted by molar-refractivity contribution is 5.68. The molecule has 0 saturated heterocycles. The number of carbonyl (C=O) groups excluding carboxylic acids is 2. The van der Waals surface area contributed by atoms with E-state index in [1.54, 1.807) is 6.92 Å². The van der Waals surface area contributed by atoms with Crippen LogP contribution in [-0.2, 0) is 19.1 Å². The lowest BCUT2D eigenvalue weighted by Crippen LogP contribution is -2.16. The minimum atomic E-state index is -1.57. The van der Waals surface area contributed by atoms with Crippen LogP contribution in [0.15, 0.2) is 36.4 Å². The molecular weight excluding hydrogens is 410 g/mol. The van der Waals surface area contributed by atoms with Crippen molar-refractivity contribution in [2.45, 2.75) is 27.1 Å². The van der Waals surface area contributed by atoms with Crippen LogP contribution >= 0.6 is 0 Å². The maximum atomic E-state index is 13.7. The maximum Gasteiger partial charge on any atom is 0.305 e. The Hall–Kier alpha value is -3.96. The van der Waals surface area contributed by atoms with Crippen molar-refractivity contribution in [1.82, 2.24) is 0 Å². The quantitative estimate of drug-likeness (QED) is 0.304. The molecule has 0 saturated carbocycles. The molecule has 0 fully saturated rings. The molecule has 0 atom stereocenters. The van der Waals surface area contributed by atoms with Gasteiger partial charge in [-0.1, -0.05) is 0 Å². The van der Waals surface area contributed by atoms with Gasteiger partial charge in [0.05, 0.1) is 27.5 Å². The number of esters is 2. The Balaban J connectivity index is 0.000000346. The molecule has 0 radical (unpaired) electrons. The van der Waals surface area contributed by atoms with Gasteiger partial charge < -0.3 is 9.47 Å². The summed E-state index contributed by atoms with van der Waals surface area (Å²) in [6.45, 7) is 3.67. The van der Waals surface area contributed by atoms with Crippen LogP contribution in [0, 0.1) is 38.8 Å². The van der Waals surface area contributed by atoms with Crippen LogP contribution in [0.2, 0.25) is 0 Å². The van der Waals surface area contributed by atoms with Gasteiger partial charge in [-0.05, 0) is 24.6 Å². The fraction of sp³-hybridized carbons (Fsp3) is 0.222. The maximum absolute atomic E-state index is 13.7. The zero-order valence-corrected chi connectivity index (χ0v) is 16.0. The predicted octanol–water partition coefficient (Wildman–Crippen LogP) is 3.90. The first kappa shape index (κ1) is 24.1. The number of nitro groups is 2. The second kappa shape index (κ2) is 10.5. The highest BCUT2D eigenvalue weighted by Crippen LogP contribution is 2.25.